The van der Waals surface area contributed by atoms with E-state index in [1.165, 1.54) is 5.57 Å². The number of fused-ring (bicyclic) bond motifs is 1. The topological polar surface area (TPSA) is 17.8 Å². The molecule has 1 aromatic heterocycles. The highest BCUT2D eigenvalue weighted by molar-refractivity contribution is 6.36. The predicted octanol–water partition coefficient (Wildman–Crippen LogP) is 7.30. The van der Waals surface area contributed by atoms with E-state index in [0.29, 0.717) is 11.4 Å². The zero-order valence-corrected chi connectivity index (χ0v) is 17.2. The second-order valence-electron chi connectivity index (χ2n) is 6.52. The number of aromatic nitrogens is 2. The molecule has 0 amide bonds. The highest BCUT2D eigenvalue weighted by atomic mass is 35.5. The van der Waals surface area contributed by atoms with Gasteiger partial charge in [0.1, 0.15) is 5.82 Å². The summed E-state index contributed by atoms with van der Waals surface area (Å²) in [6, 6.07) is 7.73. The van der Waals surface area contributed by atoms with Gasteiger partial charge in [-0.05, 0) is 42.7 Å². The summed E-state index contributed by atoms with van der Waals surface area (Å²) in [5.74, 6) is 0.678. The van der Waals surface area contributed by atoms with Crippen LogP contribution in [0, 0.1) is 0 Å². The van der Waals surface area contributed by atoms with Crippen LogP contribution in [0.15, 0.2) is 36.4 Å². The minimum atomic E-state index is -4.50. The Kier molecular flexibility index (Phi) is 5.78. The highest BCUT2D eigenvalue weighted by Gasteiger charge is 2.32. The lowest BCUT2D eigenvalue weighted by Crippen LogP contribution is -2.07. The molecule has 0 bridgehead atoms. The molecule has 0 aliphatic heterocycles. The van der Waals surface area contributed by atoms with Crippen molar-refractivity contribution in [2.45, 2.75) is 32.9 Å². The molecule has 2 nitrogen and oxygen atoms in total. The van der Waals surface area contributed by atoms with Gasteiger partial charge in [0, 0.05) is 29.1 Å². The molecule has 0 aliphatic carbocycles. The number of halogens is 5. The average molecular weight is 427 g/mol. The fraction of sp³-hybridized carbons (Fsp3) is 0.286. The number of hydrogen-bond donors (Lipinski definition) is 0. The summed E-state index contributed by atoms with van der Waals surface area (Å²) >= 11 is 12.3. The van der Waals surface area contributed by atoms with Crippen LogP contribution in [0.3, 0.4) is 0 Å². The summed E-state index contributed by atoms with van der Waals surface area (Å²) in [5.41, 5.74) is 3.66. The van der Waals surface area contributed by atoms with Gasteiger partial charge in [-0.15, -0.1) is 0 Å². The summed E-state index contributed by atoms with van der Waals surface area (Å²) in [7, 11) is 1.89. The maximum atomic E-state index is 13.0. The van der Waals surface area contributed by atoms with Crippen LogP contribution in [0.1, 0.15) is 42.8 Å². The van der Waals surface area contributed by atoms with Crippen molar-refractivity contribution >= 4 is 39.8 Å². The van der Waals surface area contributed by atoms with Crippen LogP contribution in [0.4, 0.5) is 13.2 Å². The Morgan fingerprint density at radius 3 is 2.36 bits per heavy atom. The molecule has 3 rings (SSSR count). The Hall–Kier alpha value is -1.98. The van der Waals surface area contributed by atoms with E-state index < -0.39 is 11.7 Å². The number of allylic oxidation sites excluding steroid dienone is 2. The Morgan fingerprint density at radius 1 is 1.18 bits per heavy atom. The first-order chi connectivity index (χ1) is 13.2. The van der Waals surface area contributed by atoms with Crippen LogP contribution in [0.5, 0.6) is 0 Å². The lowest BCUT2D eigenvalue weighted by molar-refractivity contribution is -0.137. The minimum Gasteiger partial charge on any atom is -0.330 e. The van der Waals surface area contributed by atoms with Gasteiger partial charge in [-0.3, -0.25) is 0 Å². The minimum absolute atomic E-state index is 0.0187. The maximum Gasteiger partial charge on any atom is 0.416 e. The molecule has 0 saturated heterocycles. The third-order valence-corrected chi connectivity index (χ3v) is 5.54. The van der Waals surface area contributed by atoms with E-state index >= 15 is 0 Å². The van der Waals surface area contributed by atoms with E-state index in [4.69, 9.17) is 23.2 Å². The van der Waals surface area contributed by atoms with Crippen LogP contribution in [0.2, 0.25) is 10.0 Å². The van der Waals surface area contributed by atoms with Gasteiger partial charge in [0.2, 0.25) is 0 Å². The number of nitrogens with zero attached hydrogens (tertiary/aromatic N) is 2. The normalized spacial score (nSPS) is 12.8. The quantitative estimate of drug-likeness (QED) is 0.427. The van der Waals surface area contributed by atoms with E-state index in [1.807, 2.05) is 36.7 Å². The molecule has 0 aliphatic rings. The van der Waals surface area contributed by atoms with E-state index in [1.54, 1.807) is 0 Å². The van der Waals surface area contributed by atoms with Gasteiger partial charge in [-0.25, -0.2) is 4.98 Å². The van der Waals surface area contributed by atoms with Gasteiger partial charge in [0.25, 0.3) is 0 Å². The fourth-order valence-electron chi connectivity index (χ4n) is 3.38. The molecule has 28 heavy (non-hydrogen) atoms. The molecule has 1 heterocycles. The zero-order valence-electron chi connectivity index (χ0n) is 15.7. The van der Waals surface area contributed by atoms with E-state index in [0.717, 1.165) is 35.2 Å². The van der Waals surface area contributed by atoms with Gasteiger partial charge < -0.3 is 4.57 Å². The fourth-order valence-corrected chi connectivity index (χ4v) is 4.00. The first-order valence-corrected chi connectivity index (χ1v) is 9.57. The smallest absolute Gasteiger partial charge is 0.330 e. The molecule has 148 valence electrons. The van der Waals surface area contributed by atoms with E-state index in [-0.39, 0.29) is 16.5 Å². The number of hydrogen-bond acceptors (Lipinski definition) is 1. The predicted molar refractivity (Wildman–Crippen MR) is 109 cm³/mol. The summed E-state index contributed by atoms with van der Waals surface area (Å²) in [5, 5.41) is -0.0374. The van der Waals surface area contributed by atoms with Crippen LogP contribution >= 0.6 is 23.2 Å². The third kappa shape index (κ3) is 3.78. The molecule has 0 N–H and O–H groups in total. The largest absolute Gasteiger partial charge is 0.416 e. The second kappa shape index (κ2) is 7.80. The molecule has 0 unspecified atom stereocenters. The van der Waals surface area contributed by atoms with Gasteiger partial charge in [0.05, 0.1) is 16.6 Å². The van der Waals surface area contributed by atoms with Gasteiger partial charge in [0.15, 0.2) is 0 Å². The average Bonchev–Trinajstić information content (AvgIpc) is 2.95. The molecule has 3 aromatic rings. The molecule has 0 radical (unpaired) electrons. The van der Waals surface area contributed by atoms with Gasteiger partial charge >= 0.3 is 6.18 Å². The Labute approximate surface area is 171 Å². The molecular formula is C21H19Cl2F3N2. The number of imidazole rings is 1. The summed E-state index contributed by atoms with van der Waals surface area (Å²) in [4.78, 5) is 4.67. The Balaban J connectivity index is 2.10. The van der Waals surface area contributed by atoms with Crippen molar-refractivity contribution in [3.63, 3.8) is 0 Å². The lowest BCUT2D eigenvalue weighted by Gasteiger charge is -2.13. The van der Waals surface area contributed by atoms with Crippen molar-refractivity contribution in [3.05, 3.63) is 69.0 Å². The number of rotatable bonds is 4. The van der Waals surface area contributed by atoms with Crippen LogP contribution in [0.25, 0.3) is 16.6 Å². The van der Waals surface area contributed by atoms with Gasteiger partial charge in [-0.1, -0.05) is 48.3 Å². The van der Waals surface area contributed by atoms with Crippen molar-refractivity contribution in [3.8, 4) is 0 Å². The summed E-state index contributed by atoms with van der Waals surface area (Å²) in [6.45, 7) is 4.09. The van der Waals surface area contributed by atoms with E-state index in [2.05, 4.69) is 18.0 Å². The van der Waals surface area contributed by atoms with Crippen LogP contribution in [-0.2, 0) is 19.6 Å². The maximum absolute atomic E-state index is 13.0. The van der Waals surface area contributed by atoms with Crippen molar-refractivity contribution in [2.24, 2.45) is 7.05 Å². The molecule has 0 spiro atoms. The molecule has 0 saturated carbocycles. The van der Waals surface area contributed by atoms with Crippen molar-refractivity contribution in [2.75, 3.05) is 0 Å². The van der Waals surface area contributed by atoms with E-state index in [9.17, 15) is 13.2 Å². The molecular weight excluding hydrogens is 408 g/mol. The van der Waals surface area contributed by atoms with Gasteiger partial charge in [-0.2, -0.15) is 13.2 Å². The summed E-state index contributed by atoms with van der Waals surface area (Å²) < 4.78 is 40.8. The Morgan fingerprint density at radius 2 is 1.82 bits per heavy atom. The standard InChI is InChI=1S/C21H19Cl2F3N2/c1-4-12(5-2)14-7-6-8-18-20(14)28(3)19(27-18)11-15-16(22)9-13(10-17(15)23)21(24,25)26/h4,6-10H,5,11H2,1-3H3. The third-order valence-electron chi connectivity index (χ3n) is 4.87. The highest BCUT2D eigenvalue weighted by Crippen LogP contribution is 2.37. The summed E-state index contributed by atoms with van der Waals surface area (Å²) in [6.07, 6.45) is -1.31. The van der Waals surface area contributed by atoms with Crippen LogP contribution in [-0.4, -0.2) is 9.55 Å². The monoisotopic (exact) mass is 426 g/mol. The van der Waals surface area contributed by atoms with Crippen molar-refractivity contribution in [1.29, 1.82) is 0 Å². The SMILES string of the molecule is CC=C(CC)c1cccc2nc(Cc3c(Cl)cc(C(F)(F)F)cc3Cl)n(C)c12. The molecule has 2 aromatic carbocycles. The first kappa shape index (κ1) is 20.7. The first-order valence-electron chi connectivity index (χ1n) is 8.82. The molecule has 7 heteroatoms. The molecule has 0 fully saturated rings. The number of alkyl halides is 3. The number of aryl methyl sites for hydroxylation is 1. The van der Waals surface area contributed by atoms with Crippen LogP contribution < -0.4 is 0 Å². The lowest BCUT2D eigenvalue weighted by atomic mass is 10.0. The van der Waals surface area contributed by atoms with Crippen molar-refractivity contribution < 1.29 is 13.2 Å². The molecule has 0 atom stereocenters. The number of benzene rings is 2. The Bertz CT molecular complexity index is 1040. The second-order valence-corrected chi connectivity index (χ2v) is 7.34. The van der Waals surface area contributed by atoms with Crippen molar-refractivity contribution in [1.82, 2.24) is 9.55 Å². The zero-order chi connectivity index (χ0) is 20.6. The number of para-hydroxylation sites is 1.